The Morgan fingerprint density at radius 3 is 2.17 bits per heavy atom. The van der Waals surface area contributed by atoms with Crippen molar-refractivity contribution in [1.29, 1.82) is 0 Å². The van der Waals surface area contributed by atoms with Crippen molar-refractivity contribution in [3.05, 3.63) is 0 Å². The third kappa shape index (κ3) is 6.00. The number of aliphatic hydroxyl groups excluding tert-OH is 1. The molecule has 0 heterocycles. The topological polar surface area (TPSA) is 60.4 Å². The molecule has 4 heteroatoms. The molecule has 1 N–H and O–H groups in total. The molecule has 12 heavy (non-hydrogen) atoms. The van der Waals surface area contributed by atoms with Gasteiger partial charge in [-0.05, 0) is 18.8 Å². The number of carbonyl (C=O) groups is 1. The third-order valence-corrected chi connectivity index (χ3v) is 1.92. The molecule has 66 valence electrons. The first kappa shape index (κ1) is 14.9. The molecule has 0 aromatic carbocycles. The summed E-state index contributed by atoms with van der Waals surface area (Å²) in [6.45, 7) is 3.70. The van der Waals surface area contributed by atoms with Crippen LogP contribution >= 0.6 is 0 Å². The second-order valence-electron chi connectivity index (χ2n) is 2.72. The van der Waals surface area contributed by atoms with Crippen molar-refractivity contribution in [1.82, 2.24) is 0 Å². The van der Waals surface area contributed by atoms with Gasteiger partial charge in [-0.15, -0.1) is 0 Å². The minimum absolute atomic E-state index is 0. The fraction of sp³-hybridized carbons (Fsp3) is 0.875. The quantitative estimate of drug-likeness (QED) is 0.459. The number of carbonyl (C=O) groups excluding carboxylic acids is 1. The maximum Gasteiger partial charge on any atom is 1.00 e. The molecule has 0 spiro atoms. The van der Waals surface area contributed by atoms with Gasteiger partial charge in [0.1, 0.15) is 0 Å². The number of aliphatic hydroxyl groups is 1. The first-order valence-electron chi connectivity index (χ1n) is 3.99. The standard InChI is InChI=1S/C8H16O3.Na/c1-3-6(5-8(10)11)7(9)4-2;/h6-7,9H,3-5H2,1-2H3,(H,10,11);/q;+1/p-1. The van der Waals surface area contributed by atoms with Crippen molar-refractivity contribution in [3.63, 3.8) is 0 Å². The van der Waals surface area contributed by atoms with Gasteiger partial charge in [-0.2, -0.15) is 0 Å². The zero-order chi connectivity index (χ0) is 8.85. The summed E-state index contributed by atoms with van der Waals surface area (Å²) in [5, 5.41) is 19.4. The van der Waals surface area contributed by atoms with Crippen LogP contribution in [0.4, 0.5) is 0 Å². The molecule has 0 aromatic rings. The molecule has 0 fully saturated rings. The second kappa shape index (κ2) is 8.05. The summed E-state index contributed by atoms with van der Waals surface area (Å²) in [6, 6.07) is 0. The fourth-order valence-corrected chi connectivity index (χ4v) is 1.10. The molecule has 0 aliphatic heterocycles. The van der Waals surface area contributed by atoms with E-state index < -0.39 is 12.1 Å². The smallest absolute Gasteiger partial charge is 0.550 e. The Labute approximate surface area is 95.5 Å². The summed E-state index contributed by atoms with van der Waals surface area (Å²) in [4.78, 5) is 10.2. The monoisotopic (exact) mass is 182 g/mol. The maximum absolute atomic E-state index is 10.2. The van der Waals surface area contributed by atoms with E-state index in [0.717, 1.165) is 0 Å². The van der Waals surface area contributed by atoms with Gasteiger partial charge < -0.3 is 15.0 Å². The zero-order valence-corrected chi connectivity index (χ0v) is 10.0. The van der Waals surface area contributed by atoms with Crippen molar-refractivity contribution in [2.75, 3.05) is 0 Å². The van der Waals surface area contributed by atoms with Crippen LogP contribution in [0.1, 0.15) is 33.1 Å². The molecule has 2 unspecified atom stereocenters. The van der Waals surface area contributed by atoms with Gasteiger partial charge in [0.05, 0.1) is 6.10 Å². The Bertz CT molecular complexity index is 127. The molecule has 0 rings (SSSR count). The van der Waals surface area contributed by atoms with Crippen molar-refractivity contribution in [2.24, 2.45) is 5.92 Å². The Morgan fingerprint density at radius 1 is 1.42 bits per heavy atom. The van der Waals surface area contributed by atoms with Crippen LogP contribution in [-0.4, -0.2) is 17.2 Å². The van der Waals surface area contributed by atoms with E-state index in [1.807, 2.05) is 13.8 Å². The van der Waals surface area contributed by atoms with Crippen LogP contribution in [0.5, 0.6) is 0 Å². The van der Waals surface area contributed by atoms with Gasteiger partial charge in [-0.25, -0.2) is 0 Å². The van der Waals surface area contributed by atoms with Crippen molar-refractivity contribution >= 4 is 5.97 Å². The summed E-state index contributed by atoms with van der Waals surface area (Å²) >= 11 is 0. The number of hydrogen-bond acceptors (Lipinski definition) is 3. The normalized spacial score (nSPS) is 14.6. The Kier molecular flexibility index (Phi) is 10.0. The van der Waals surface area contributed by atoms with Gasteiger partial charge in [0, 0.05) is 5.97 Å². The molecule has 0 aliphatic carbocycles. The fourth-order valence-electron chi connectivity index (χ4n) is 1.10. The van der Waals surface area contributed by atoms with E-state index in [4.69, 9.17) is 0 Å². The molecular weight excluding hydrogens is 167 g/mol. The number of carboxylic acid groups (broad SMARTS) is 1. The van der Waals surface area contributed by atoms with Gasteiger partial charge in [0.15, 0.2) is 0 Å². The summed E-state index contributed by atoms with van der Waals surface area (Å²) in [6.07, 6.45) is 0.748. The van der Waals surface area contributed by atoms with Gasteiger partial charge >= 0.3 is 29.6 Å². The number of carboxylic acids is 1. The van der Waals surface area contributed by atoms with Gasteiger partial charge in [-0.1, -0.05) is 20.3 Å². The van der Waals surface area contributed by atoms with Gasteiger partial charge in [0.2, 0.25) is 0 Å². The molecule has 0 saturated heterocycles. The summed E-state index contributed by atoms with van der Waals surface area (Å²) in [5.41, 5.74) is 0. The Morgan fingerprint density at radius 2 is 1.92 bits per heavy atom. The minimum Gasteiger partial charge on any atom is -0.550 e. The summed E-state index contributed by atoms with van der Waals surface area (Å²) in [7, 11) is 0. The van der Waals surface area contributed by atoms with Crippen LogP contribution in [0.15, 0.2) is 0 Å². The largest absolute Gasteiger partial charge is 1.00 e. The van der Waals surface area contributed by atoms with Crippen LogP contribution in [-0.2, 0) is 4.79 Å². The molecule has 0 saturated carbocycles. The van der Waals surface area contributed by atoms with Crippen molar-refractivity contribution in [3.8, 4) is 0 Å². The van der Waals surface area contributed by atoms with E-state index >= 15 is 0 Å². The van der Waals surface area contributed by atoms with Crippen LogP contribution in [0.2, 0.25) is 0 Å². The number of rotatable bonds is 5. The second-order valence-corrected chi connectivity index (χ2v) is 2.72. The third-order valence-electron chi connectivity index (χ3n) is 1.92. The SMILES string of the molecule is CCC(O)C(CC)CC(=O)[O-].[Na+]. The van der Waals surface area contributed by atoms with Gasteiger partial charge in [-0.3, -0.25) is 0 Å². The zero-order valence-electron chi connectivity index (χ0n) is 8.04. The average molecular weight is 182 g/mol. The molecule has 0 aromatic heterocycles. The Balaban J connectivity index is 0. The minimum atomic E-state index is -1.08. The van der Waals surface area contributed by atoms with Crippen LogP contribution in [0, 0.1) is 5.92 Å². The van der Waals surface area contributed by atoms with Crippen LogP contribution < -0.4 is 34.7 Å². The molecule has 2 atom stereocenters. The summed E-state index contributed by atoms with van der Waals surface area (Å²) in [5.74, 6) is -1.23. The molecule has 0 bridgehead atoms. The Hall–Kier alpha value is 0.430. The van der Waals surface area contributed by atoms with Crippen LogP contribution in [0.25, 0.3) is 0 Å². The van der Waals surface area contributed by atoms with Crippen molar-refractivity contribution in [2.45, 2.75) is 39.2 Å². The predicted octanol–water partition coefficient (Wildman–Crippen LogP) is -3.07. The molecule has 0 aliphatic rings. The van der Waals surface area contributed by atoms with Gasteiger partial charge in [0.25, 0.3) is 0 Å². The number of hydrogen-bond donors (Lipinski definition) is 1. The molecule has 0 radical (unpaired) electrons. The van der Waals surface area contributed by atoms with E-state index in [2.05, 4.69) is 0 Å². The van der Waals surface area contributed by atoms with E-state index in [1.54, 1.807) is 0 Å². The molecule has 3 nitrogen and oxygen atoms in total. The number of aliphatic carboxylic acids is 1. The van der Waals surface area contributed by atoms with E-state index in [0.29, 0.717) is 12.8 Å². The predicted molar refractivity (Wildman–Crippen MR) is 39.7 cm³/mol. The maximum atomic E-state index is 10.2. The first-order valence-corrected chi connectivity index (χ1v) is 3.99. The average Bonchev–Trinajstić information content (AvgIpc) is 1.98. The molecule has 0 amide bonds. The van der Waals surface area contributed by atoms with Crippen molar-refractivity contribution < 1.29 is 44.6 Å². The van der Waals surface area contributed by atoms with Crippen LogP contribution in [0.3, 0.4) is 0 Å². The summed E-state index contributed by atoms with van der Waals surface area (Å²) < 4.78 is 0. The molecular formula is C8H15NaO3. The first-order chi connectivity index (χ1) is 5.11. The van der Waals surface area contributed by atoms with E-state index in [-0.39, 0.29) is 41.9 Å². The van der Waals surface area contributed by atoms with E-state index in [9.17, 15) is 15.0 Å². The van der Waals surface area contributed by atoms with E-state index in [1.165, 1.54) is 0 Å².